The molecule has 0 fully saturated rings. The van der Waals surface area contributed by atoms with Gasteiger partial charge in [0.1, 0.15) is 19.3 Å². The van der Waals surface area contributed by atoms with Gasteiger partial charge in [0.25, 0.3) is 7.82 Å². The molecule has 0 aromatic heterocycles. The number of nitrogens with zero attached hydrogens (tertiary/aromatic N) is 1. The Balaban J connectivity index is 5.07. The summed E-state index contributed by atoms with van der Waals surface area (Å²) in [7, 11) is 1.17. The van der Waals surface area contributed by atoms with Crippen LogP contribution in [-0.4, -0.2) is 69.4 Å². The number of nitrogens with one attached hydrogen (secondary N) is 1. The van der Waals surface area contributed by atoms with Crippen molar-refractivity contribution in [2.45, 2.75) is 290 Å². The number of ether oxygens (including phenoxy) is 1. The Morgan fingerprint density at radius 3 is 1.32 bits per heavy atom. The molecule has 0 spiro atoms. The minimum Gasteiger partial charge on any atom is -0.756 e. The number of hydrogen-bond acceptors (Lipinski definition) is 7. The molecule has 0 heterocycles. The first-order valence-electron chi connectivity index (χ1n) is 32.6. The Hall–Kier alpha value is -3.07. The van der Waals surface area contributed by atoms with E-state index in [1.165, 1.54) is 109 Å². The zero-order chi connectivity index (χ0) is 57.9. The third kappa shape index (κ3) is 59.4. The van der Waals surface area contributed by atoms with E-state index in [1.807, 2.05) is 33.3 Å². The van der Waals surface area contributed by atoms with Crippen LogP contribution in [-0.2, 0) is 27.9 Å². The van der Waals surface area contributed by atoms with Crippen LogP contribution >= 0.6 is 7.82 Å². The summed E-state index contributed by atoms with van der Waals surface area (Å²) in [4.78, 5) is 40.0. The van der Waals surface area contributed by atoms with Gasteiger partial charge in [-0.2, -0.15) is 0 Å². The summed E-state index contributed by atoms with van der Waals surface area (Å²) in [5.74, 6) is -0.559. The lowest BCUT2D eigenvalue weighted by molar-refractivity contribution is -0.870. The molecule has 0 rings (SSSR count). The standard InChI is InChI=1S/C69H123N2O7P/c1-7-10-13-16-19-22-25-27-29-30-31-32-33-34-35-36-37-38-39-40-42-44-47-50-53-56-59-62-69(73)78-67(60-57-54-51-48-45-24-21-18-15-12-9-3)66(65-77-79(74,75)76-64-63-71(4,5)6)70-68(72)61-58-55-52-49-46-43-41-28-26-23-20-17-14-11-8-2/h10,13,19-20,22-23,26-29,31-32,34-35,57,60,66-67H,7-9,11-12,14-18,21,24-25,30,33,36-56,58-59,61-65H2,1-6H3,(H-,70,72,74,75)/b13-10-,22-19-,23-20+,28-26+,29-27-,32-31-,35-34-,60-57-. The number of hydrogen-bond donors (Lipinski definition) is 1. The molecule has 10 heteroatoms. The summed E-state index contributed by atoms with van der Waals surface area (Å²) >= 11 is 0. The van der Waals surface area contributed by atoms with Gasteiger partial charge in [-0.1, -0.05) is 260 Å². The van der Waals surface area contributed by atoms with Crippen molar-refractivity contribution in [2.24, 2.45) is 0 Å². The van der Waals surface area contributed by atoms with E-state index in [0.29, 0.717) is 17.4 Å². The van der Waals surface area contributed by atoms with E-state index in [-0.39, 0.29) is 24.9 Å². The number of amides is 1. The van der Waals surface area contributed by atoms with Crippen molar-refractivity contribution < 1.29 is 37.3 Å². The quantitative estimate of drug-likeness (QED) is 0.0161. The lowest BCUT2D eigenvalue weighted by atomic mass is 10.0. The highest BCUT2D eigenvalue weighted by Gasteiger charge is 2.27. The molecule has 79 heavy (non-hydrogen) atoms. The van der Waals surface area contributed by atoms with Crippen LogP contribution in [0.15, 0.2) is 97.2 Å². The van der Waals surface area contributed by atoms with Gasteiger partial charge < -0.3 is 28.5 Å². The molecule has 1 N–H and O–H groups in total. The van der Waals surface area contributed by atoms with Gasteiger partial charge in [0.05, 0.1) is 33.8 Å². The number of unbranched alkanes of at least 4 members (excludes halogenated alkanes) is 29. The van der Waals surface area contributed by atoms with Crippen molar-refractivity contribution in [1.29, 1.82) is 0 Å². The molecule has 3 unspecified atom stereocenters. The van der Waals surface area contributed by atoms with E-state index < -0.39 is 26.6 Å². The van der Waals surface area contributed by atoms with Crippen molar-refractivity contribution in [3.8, 4) is 0 Å². The second-order valence-electron chi connectivity index (χ2n) is 22.9. The Morgan fingerprint density at radius 1 is 0.468 bits per heavy atom. The molecule has 1 amide bonds. The van der Waals surface area contributed by atoms with Crippen LogP contribution in [0.1, 0.15) is 278 Å². The van der Waals surface area contributed by atoms with E-state index in [1.54, 1.807) is 0 Å². The van der Waals surface area contributed by atoms with Crippen LogP contribution < -0.4 is 10.2 Å². The molecule has 0 aliphatic carbocycles. The number of phosphoric ester groups is 1. The number of allylic oxidation sites excluding steroid dienone is 15. The molecule has 0 saturated carbocycles. The largest absolute Gasteiger partial charge is 0.756 e. The summed E-state index contributed by atoms with van der Waals surface area (Å²) in [6, 6.07) is -0.900. The summed E-state index contributed by atoms with van der Waals surface area (Å²) in [5.41, 5.74) is 0. The Morgan fingerprint density at radius 2 is 0.848 bits per heavy atom. The predicted octanol–water partition coefficient (Wildman–Crippen LogP) is 19.7. The van der Waals surface area contributed by atoms with Crippen LogP contribution in [0.2, 0.25) is 0 Å². The number of rotatable bonds is 58. The van der Waals surface area contributed by atoms with Gasteiger partial charge in [0.15, 0.2) is 0 Å². The van der Waals surface area contributed by atoms with Crippen molar-refractivity contribution in [3.05, 3.63) is 97.2 Å². The zero-order valence-electron chi connectivity index (χ0n) is 52.1. The monoisotopic (exact) mass is 1120 g/mol. The van der Waals surface area contributed by atoms with Gasteiger partial charge in [-0.15, -0.1) is 0 Å². The normalized spacial score (nSPS) is 14.3. The van der Waals surface area contributed by atoms with E-state index in [4.69, 9.17) is 13.8 Å². The van der Waals surface area contributed by atoms with Crippen LogP contribution in [0.4, 0.5) is 0 Å². The maximum absolute atomic E-state index is 13.5. The predicted molar refractivity (Wildman–Crippen MR) is 339 cm³/mol. The SMILES string of the molecule is CC/C=C\C/C=C\C/C=C\C/C=C\C/C=C\CCCCCCCCCCCCCC(=O)OC(/C=C\CCCCCCCCCCC)C(COP(=O)([O-])OCC[N+](C)(C)C)NC(=O)CCCCCCCC/C=C/C=C/CCCCC. The Kier molecular flexibility index (Phi) is 55.9. The van der Waals surface area contributed by atoms with E-state index in [9.17, 15) is 19.0 Å². The van der Waals surface area contributed by atoms with E-state index in [2.05, 4.69) is 111 Å². The van der Waals surface area contributed by atoms with Crippen LogP contribution in [0, 0.1) is 0 Å². The van der Waals surface area contributed by atoms with E-state index >= 15 is 0 Å². The summed E-state index contributed by atoms with van der Waals surface area (Å²) in [6.07, 6.45) is 78.1. The first-order valence-corrected chi connectivity index (χ1v) is 34.0. The van der Waals surface area contributed by atoms with E-state index in [0.717, 1.165) is 135 Å². The highest BCUT2D eigenvalue weighted by Crippen LogP contribution is 2.38. The highest BCUT2D eigenvalue weighted by molar-refractivity contribution is 7.45. The molecule has 3 atom stereocenters. The summed E-state index contributed by atoms with van der Waals surface area (Å²) < 4.78 is 30.3. The molecule has 0 aliphatic heterocycles. The topological polar surface area (TPSA) is 114 Å². The number of phosphoric acid groups is 1. The Labute approximate surface area is 488 Å². The molecule has 456 valence electrons. The van der Waals surface area contributed by atoms with Crippen molar-refractivity contribution in [3.63, 3.8) is 0 Å². The van der Waals surface area contributed by atoms with Crippen LogP contribution in [0.5, 0.6) is 0 Å². The van der Waals surface area contributed by atoms with Crippen molar-refractivity contribution in [1.82, 2.24) is 5.32 Å². The first kappa shape index (κ1) is 75.9. The van der Waals surface area contributed by atoms with Crippen molar-refractivity contribution >= 4 is 19.7 Å². The average molecular weight is 1120 g/mol. The fraction of sp³-hybridized carbons (Fsp3) is 0.739. The average Bonchev–Trinajstić information content (AvgIpc) is 3.41. The highest BCUT2D eigenvalue weighted by atomic mass is 31.2. The van der Waals surface area contributed by atoms with Crippen molar-refractivity contribution in [2.75, 3.05) is 40.9 Å². The molecule has 0 aromatic rings. The number of likely N-dealkylation sites (N-methyl/N-ethyl adjacent to an activating group) is 1. The van der Waals surface area contributed by atoms with Gasteiger partial charge in [-0.05, 0) is 102 Å². The first-order chi connectivity index (χ1) is 38.4. The van der Waals surface area contributed by atoms with Gasteiger partial charge in [-0.3, -0.25) is 14.2 Å². The fourth-order valence-electron chi connectivity index (χ4n) is 9.01. The molecule has 0 radical (unpaired) electrons. The molecule has 0 saturated heterocycles. The molecular weight excluding hydrogens is 1000 g/mol. The molecule has 0 aromatic carbocycles. The van der Waals surface area contributed by atoms with Gasteiger partial charge in [0, 0.05) is 12.8 Å². The minimum absolute atomic E-state index is 0.0287. The zero-order valence-corrected chi connectivity index (χ0v) is 52.9. The lowest BCUT2D eigenvalue weighted by Crippen LogP contribution is -2.47. The second kappa shape index (κ2) is 58.1. The maximum atomic E-state index is 13.5. The lowest BCUT2D eigenvalue weighted by Gasteiger charge is -2.30. The number of carbonyl (C=O) groups is 2. The van der Waals surface area contributed by atoms with Gasteiger partial charge >= 0.3 is 5.97 Å². The number of carbonyl (C=O) groups excluding carboxylic acids is 2. The molecular formula is C69H123N2O7P. The Bertz CT molecular complexity index is 1670. The number of esters is 1. The molecule has 9 nitrogen and oxygen atoms in total. The summed E-state index contributed by atoms with van der Waals surface area (Å²) in [5, 5.41) is 3.02. The third-order valence-corrected chi connectivity index (χ3v) is 15.0. The van der Waals surface area contributed by atoms with Gasteiger partial charge in [0.2, 0.25) is 5.91 Å². The maximum Gasteiger partial charge on any atom is 0.306 e. The molecule has 0 bridgehead atoms. The summed E-state index contributed by atoms with van der Waals surface area (Å²) in [6.45, 7) is 6.68. The smallest absolute Gasteiger partial charge is 0.306 e. The third-order valence-electron chi connectivity index (χ3n) is 14.0. The number of quaternary nitrogens is 1. The van der Waals surface area contributed by atoms with Gasteiger partial charge in [-0.25, -0.2) is 0 Å². The fourth-order valence-corrected chi connectivity index (χ4v) is 9.73. The van der Waals surface area contributed by atoms with Crippen LogP contribution in [0.3, 0.4) is 0 Å². The molecule has 0 aliphatic rings. The second-order valence-corrected chi connectivity index (χ2v) is 24.3. The minimum atomic E-state index is -4.71. The van der Waals surface area contributed by atoms with Crippen LogP contribution in [0.25, 0.3) is 0 Å².